The third-order valence-corrected chi connectivity index (χ3v) is 4.10. The Morgan fingerprint density at radius 2 is 2.05 bits per heavy atom. The van der Waals surface area contributed by atoms with Gasteiger partial charge in [0.15, 0.2) is 0 Å². The third-order valence-electron chi connectivity index (χ3n) is 4.10. The van der Waals surface area contributed by atoms with E-state index in [1.807, 2.05) is 0 Å². The summed E-state index contributed by atoms with van der Waals surface area (Å²) in [5.74, 6) is 0. The maximum absolute atomic E-state index is 6.02. The highest BCUT2D eigenvalue weighted by atomic mass is 16.6. The Balaban J connectivity index is 1.81. The van der Waals surface area contributed by atoms with Crippen LogP contribution in [0.4, 0.5) is 0 Å². The summed E-state index contributed by atoms with van der Waals surface area (Å²) in [6.07, 6.45) is 3.23. The second-order valence-corrected chi connectivity index (χ2v) is 7.14. The molecule has 2 unspecified atom stereocenters. The molecule has 19 heavy (non-hydrogen) atoms. The Kier molecular flexibility index (Phi) is 4.66. The Bertz CT molecular complexity index is 306. The van der Waals surface area contributed by atoms with E-state index in [1.54, 1.807) is 0 Å². The van der Waals surface area contributed by atoms with E-state index in [2.05, 4.69) is 39.7 Å². The zero-order valence-electron chi connectivity index (χ0n) is 13.0. The van der Waals surface area contributed by atoms with Crippen LogP contribution in [-0.4, -0.2) is 39.0 Å². The van der Waals surface area contributed by atoms with E-state index in [0.29, 0.717) is 0 Å². The van der Waals surface area contributed by atoms with Crippen molar-refractivity contribution >= 4 is 14.2 Å². The molecule has 0 saturated carbocycles. The maximum atomic E-state index is 6.02. The van der Waals surface area contributed by atoms with Gasteiger partial charge in [0, 0.05) is 18.1 Å². The van der Waals surface area contributed by atoms with Gasteiger partial charge in [0.2, 0.25) is 0 Å². The van der Waals surface area contributed by atoms with Gasteiger partial charge in [0.1, 0.15) is 0 Å². The predicted octanol–water partition coefficient (Wildman–Crippen LogP) is 2.21. The fourth-order valence-electron chi connectivity index (χ4n) is 3.01. The molecule has 4 nitrogen and oxygen atoms in total. The van der Waals surface area contributed by atoms with Crippen molar-refractivity contribution in [2.24, 2.45) is 5.41 Å². The zero-order valence-corrected chi connectivity index (χ0v) is 13.0. The van der Waals surface area contributed by atoms with E-state index >= 15 is 0 Å². The van der Waals surface area contributed by atoms with Crippen molar-refractivity contribution in [2.75, 3.05) is 13.2 Å². The van der Waals surface area contributed by atoms with Crippen LogP contribution in [0, 0.1) is 5.41 Å². The van der Waals surface area contributed by atoms with Crippen LogP contribution >= 0.6 is 0 Å². The molecule has 0 radical (unpaired) electrons. The molecule has 2 fully saturated rings. The molecule has 1 N–H and O–H groups in total. The molecule has 2 aliphatic rings. The molecule has 0 aliphatic carbocycles. The van der Waals surface area contributed by atoms with Gasteiger partial charge in [0.05, 0.1) is 5.60 Å². The van der Waals surface area contributed by atoms with Gasteiger partial charge < -0.3 is 19.2 Å². The highest BCUT2D eigenvalue weighted by molar-refractivity contribution is 6.47. The summed E-state index contributed by atoms with van der Waals surface area (Å²) in [5, 5.41) is 3.38. The molecule has 108 valence electrons. The van der Waals surface area contributed by atoms with Gasteiger partial charge in [0.25, 0.3) is 0 Å². The third kappa shape index (κ3) is 4.48. The lowest BCUT2D eigenvalue weighted by Gasteiger charge is -2.40. The molecule has 0 bridgehead atoms. The normalized spacial score (nSPS) is 35.5. The summed E-state index contributed by atoms with van der Waals surface area (Å²) < 4.78 is 17.6. The minimum atomic E-state index is -0.0741. The first kappa shape index (κ1) is 15.4. The molecule has 0 aromatic carbocycles. The summed E-state index contributed by atoms with van der Waals surface area (Å²) in [4.78, 5) is 0. The highest BCUT2D eigenvalue weighted by Crippen LogP contribution is 2.32. The number of nitrogens with one attached hydrogen (secondary N) is 1. The van der Waals surface area contributed by atoms with E-state index < -0.39 is 0 Å². The average Bonchev–Trinajstić information content (AvgIpc) is 2.29. The fraction of sp³-hybridized carbons (Fsp3) is 1.00. The second kappa shape index (κ2) is 5.76. The van der Waals surface area contributed by atoms with Gasteiger partial charge in [-0.3, -0.25) is 0 Å². The van der Waals surface area contributed by atoms with Crippen molar-refractivity contribution in [2.45, 2.75) is 65.4 Å². The van der Waals surface area contributed by atoms with Crippen LogP contribution in [0.5, 0.6) is 0 Å². The monoisotopic (exact) mass is 267 g/mol. The standard InChI is InChI=1S/C13H27B2NO3/c1-11-8-12(2,3)19-15(18-11)7-6-13(4)9-16-14(5)17-10-13/h11,16H,6-10H2,1-5H3. The predicted molar refractivity (Wildman–Crippen MR) is 79.2 cm³/mol. The topological polar surface area (TPSA) is 39.7 Å². The SMILES string of the molecule is CB1NCC(C)(CCB2OC(C)CC(C)(C)O2)CO1. The first-order chi connectivity index (χ1) is 8.78. The average molecular weight is 267 g/mol. The fourth-order valence-corrected chi connectivity index (χ4v) is 3.01. The number of hydrogen-bond donors (Lipinski definition) is 1. The Hall–Kier alpha value is -0.0301. The lowest BCUT2D eigenvalue weighted by Crippen LogP contribution is -2.51. The molecule has 0 amide bonds. The van der Waals surface area contributed by atoms with Gasteiger partial charge in [-0.15, -0.1) is 0 Å². The van der Waals surface area contributed by atoms with Gasteiger partial charge in [-0.25, -0.2) is 0 Å². The van der Waals surface area contributed by atoms with E-state index in [4.69, 9.17) is 14.0 Å². The van der Waals surface area contributed by atoms with Gasteiger partial charge in [-0.05, 0) is 53.3 Å². The molecule has 2 atom stereocenters. The Morgan fingerprint density at radius 1 is 1.32 bits per heavy atom. The second-order valence-electron chi connectivity index (χ2n) is 7.14. The summed E-state index contributed by atoms with van der Waals surface area (Å²) >= 11 is 0. The van der Waals surface area contributed by atoms with Crippen molar-refractivity contribution < 1.29 is 14.0 Å². The van der Waals surface area contributed by atoms with Crippen LogP contribution in [0.1, 0.15) is 40.5 Å². The minimum absolute atomic E-state index is 0.0704. The first-order valence-electron chi connectivity index (χ1n) is 7.46. The molecule has 2 heterocycles. The van der Waals surface area contributed by atoms with E-state index in [1.165, 1.54) is 0 Å². The lowest BCUT2D eigenvalue weighted by atomic mass is 9.70. The van der Waals surface area contributed by atoms with E-state index in [9.17, 15) is 0 Å². The molecule has 2 saturated heterocycles. The largest absolute Gasteiger partial charge is 0.457 e. The Morgan fingerprint density at radius 3 is 2.63 bits per heavy atom. The van der Waals surface area contributed by atoms with E-state index in [-0.39, 0.29) is 31.3 Å². The molecular formula is C13H27B2NO3. The van der Waals surface area contributed by atoms with Crippen molar-refractivity contribution in [3.63, 3.8) is 0 Å². The molecule has 0 aromatic heterocycles. The van der Waals surface area contributed by atoms with E-state index in [0.717, 1.165) is 32.3 Å². The Labute approximate surface area is 118 Å². The van der Waals surface area contributed by atoms with Crippen LogP contribution in [0.25, 0.3) is 0 Å². The van der Waals surface area contributed by atoms with Crippen LogP contribution in [0.3, 0.4) is 0 Å². The number of rotatable bonds is 3. The quantitative estimate of drug-likeness (QED) is 0.796. The van der Waals surface area contributed by atoms with Gasteiger partial charge >= 0.3 is 14.2 Å². The lowest BCUT2D eigenvalue weighted by molar-refractivity contribution is -0.0302. The van der Waals surface area contributed by atoms with Crippen LogP contribution in [0.2, 0.25) is 13.1 Å². The molecule has 0 aromatic rings. The van der Waals surface area contributed by atoms with Crippen LogP contribution < -0.4 is 5.23 Å². The molecule has 6 heteroatoms. The molecular weight excluding hydrogens is 240 g/mol. The van der Waals surface area contributed by atoms with Crippen molar-refractivity contribution in [3.8, 4) is 0 Å². The highest BCUT2D eigenvalue weighted by Gasteiger charge is 2.39. The van der Waals surface area contributed by atoms with Crippen molar-refractivity contribution in [1.29, 1.82) is 0 Å². The molecule has 2 rings (SSSR count). The first-order valence-corrected chi connectivity index (χ1v) is 7.46. The van der Waals surface area contributed by atoms with Crippen molar-refractivity contribution in [1.82, 2.24) is 5.23 Å². The minimum Gasteiger partial charge on any atom is -0.421 e. The summed E-state index contributed by atoms with van der Waals surface area (Å²) in [6.45, 7) is 12.6. The van der Waals surface area contributed by atoms with Crippen molar-refractivity contribution in [3.05, 3.63) is 0 Å². The number of hydrogen-bond acceptors (Lipinski definition) is 4. The maximum Gasteiger partial charge on any atom is 0.457 e. The summed E-state index contributed by atoms with van der Waals surface area (Å²) in [6, 6.07) is 0. The summed E-state index contributed by atoms with van der Waals surface area (Å²) in [5.41, 5.74) is 0.114. The smallest absolute Gasteiger partial charge is 0.421 e. The van der Waals surface area contributed by atoms with Gasteiger partial charge in [-0.1, -0.05) is 6.92 Å². The summed E-state index contributed by atoms with van der Waals surface area (Å²) in [7, 11) is 0.101. The molecule has 2 aliphatic heterocycles. The molecule has 0 spiro atoms. The zero-order chi connectivity index (χ0) is 14.1. The van der Waals surface area contributed by atoms with Crippen LogP contribution in [0.15, 0.2) is 0 Å². The van der Waals surface area contributed by atoms with Gasteiger partial charge in [-0.2, -0.15) is 0 Å². The van der Waals surface area contributed by atoms with Crippen LogP contribution in [-0.2, 0) is 14.0 Å².